The van der Waals surface area contributed by atoms with E-state index < -0.39 is 11.9 Å². The second-order valence-corrected chi connectivity index (χ2v) is 3.56. The number of hydrogen-bond acceptors (Lipinski definition) is 3. The highest BCUT2D eigenvalue weighted by atomic mass is 16.4. The van der Waals surface area contributed by atoms with Crippen molar-refractivity contribution in [2.45, 2.75) is 13.8 Å². The predicted molar refractivity (Wildman–Crippen MR) is 67.3 cm³/mol. The lowest BCUT2D eigenvalue weighted by Gasteiger charge is -2.01. The van der Waals surface area contributed by atoms with Crippen LogP contribution in [0.25, 0.3) is 0 Å². The summed E-state index contributed by atoms with van der Waals surface area (Å²) in [5.74, 6) is -1.38. The molecule has 1 N–H and O–H groups in total. The lowest BCUT2D eigenvalue weighted by molar-refractivity contribution is -0.139. The first-order valence-electron chi connectivity index (χ1n) is 5.52. The smallest absolute Gasteiger partial charge is 0.310 e. The Bertz CT molecular complexity index is 424. The number of nitrogens with zero attached hydrogens (tertiary/aromatic N) is 2. The average Bonchev–Trinajstić information content (AvgIpc) is 2.35. The van der Waals surface area contributed by atoms with Gasteiger partial charge in [0.05, 0.1) is 17.3 Å². The topological polar surface area (TPSA) is 62.5 Å². The second-order valence-electron chi connectivity index (χ2n) is 3.56. The minimum atomic E-state index is -0.849. The zero-order valence-corrected chi connectivity index (χ0v) is 10.00. The van der Waals surface area contributed by atoms with Crippen LogP contribution in [-0.2, 0) is 4.79 Å². The number of carbonyl (C=O) groups is 1. The molecule has 0 fully saturated rings. The maximum atomic E-state index is 10.7. The van der Waals surface area contributed by atoms with Crippen LogP contribution in [0.15, 0.2) is 41.5 Å². The Morgan fingerprint density at radius 1 is 1.59 bits per heavy atom. The van der Waals surface area contributed by atoms with Gasteiger partial charge in [0.2, 0.25) is 0 Å². The molecule has 0 aliphatic carbocycles. The third kappa shape index (κ3) is 4.18. The molecule has 0 aliphatic rings. The van der Waals surface area contributed by atoms with Crippen molar-refractivity contribution in [1.29, 1.82) is 0 Å². The zero-order valence-electron chi connectivity index (χ0n) is 10.00. The molecular formula is C13H16N2O2. The summed E-state index contributed by atoms with van der Waals surface area (Å²) in [6.45, 7) is 4.19. The first-order valence-corrected chi connectivity index (χ1v) is 5.52. The molecule has 0 bridgehead atoms. The number of carboxylic acid groups (broad SMARTS) is 1. The van der Waals surface area contributed by atoms with Crippen molar-refractivity contribution < 1.29 is 9.90 Å². The van der Waals surface area contributed by atoms with Crippen molar-refractivity contribution in [3.05, 3.63) is 42.2 Å². The number of aliphatic carboxylic acids is 1. The maximum Gasteiger partial charge on any atom is 0.310 e. The summed E-state index contributed by atoms with van der Waals surface area (Å²) in [6.07, 6.45) is 5.02. The van der Waals surface area contributed by atoms with Crippen molar-refractivity contribution in [3.8, 4) is 0 Å². The van der Waals surface area contributed by atoms with Gasteiger partial charge in [-0.05, 0) is 32.1 Å². The summed E-state index contributed by atoms with van der Waals surface area (Å²) in [5, 5.41) is 8.79. The molecule has 1 heterocycles. The molecular weight excluding hydrogens is 216 g/mol. The zero-order chi connectivity index (χ0) is 12.7. The molecule has 1 aromatic rings. The van der Waals surface area contributed by atoms with Crippen molar-refractivity contribution in [3.63, 3.8) is 0 Å². The fourth-order valence-electron chi connectivity index (χ4n) is 1.22. The Morgan fingerprint density at radius 2 is 2.35 bits per heavy atom. The molecule has 0 saturated heterocycles. The van der Waals surface area contributed by atoms with Gasteiger partial charge in [-0.25, -0.2) is 0 Å². The van der Waals surface area contributed by atoms with Crippen LogP contribution >= 0.6 is 0 Å². The third-order valence-electron chi connectivity index (χ3n) is 2.19. The average molecular weight is 232 g/mol. The number of allylic oxidation sites excluding steroid dienone is 1. The predicted octanol–water partition coefficient (Wildman–Crippen LogP) is 2.17. The highest BCUT2D eigenvalue weighted by Gasteiger charge is 2.07. The summed E-state index contributed by atoms with van der Waals surface area (Å²) in [6, 6.07) is 5.56. The van der Waals surface area contributed by atoms with Crippen LogP contribution in [0.2, 0.25) is 0 Å². The first kappa shape index (κ1) is 13.1. The number of pyridine rings is 1. The molecule has 0 amide bonds. The van der Waals surface area contributed by atoms with Gasteiger partial charge in [-0.2, -0.15) is 0 Å². The molecule has 0 aliphatic heterocycles. The number of aliphatic imine (C=N–C) groups is 1. The molecule has 90 valence electrons. The van der Waals surface area contributed by atoms with Crippen molar-refractivity contribution >= 4 is 11.7 Å². The van der Waals surface area contributed by atoms with E-state index >= 15 is 0 Å². The van der Waals surface area contributed by atoms with E-state index in [1.165, 1.54) is 0 Å². The SMILES string of the molecule is CCN=C(/C=C\C(C)C(=O)O)c1ccccn1. The second kappa shape index (κ2) is 6.58. The molecule has 1 rings (SSSR count). The fraction of sp³-hybridized carbons (Fsp3) is 0.308. The van der Waals surface area contributed by atoms with E-state index in [4.69, 9.17) is 5.11 Å². The molecule has 0 saturated carbocycles. The van der Waals surface area contributed by atoms with Crippen LogP contribution in [0.5, 0.6) is 0 Å². The van der Waals surface area contributed by atoms with Gasteiger partial charge >= 0.3 is 5.97 Å². The van der Waals surface area contributed by atoms with Crippen molar-refractivity contribution in [1.82, 2.24) is 4.98 Å². The van der Waals surface area contributed by atoms with Crippen LogP contribution in [0.3, 0.4) is 0 Å². The van der Waals surface area contributed by atoms with E-state index in [-0.39, 0.29) is 0 Å². The van der Waals surface area contributed by atoms with E-state index in [0.717, 1.165) is 5.69 Å². The Balaban J connectivity index is 2.89. The number of rotatable bonds is 5. The largest absolute Gasteiger partial charge is 0.481 e. The molecule has 0 spiro atoms. The summed E-state index contributed by atoms with van der Waals surface area (Å²) >= 11 is 0. The van der Waals surface area contributed by atoms with E-state index in [0.29, 0.717) is 12.3 Å². The highest BCUT2D eigenvalue weighted by Crippen LogP contribution is 2.03. The van der Waals surface area contributed by atoms with Gasteiger partial charge in [0.1, 0.15) is 0 Å². The third-order valence-corrected chi connectivity index (χ3v) is 2.19. The van der Waals surface area contributed by atoms with Gasteiger partial charge in [-0.1, -0.05) is 12.1 Å². The molecule has 4 nitrogen and oxygen atoms in total. The quantitative estimate of drug-likeness (QED) is 0.791. The summed E-state index contributed by atoms with van der Waals surface area (Å²) < 4.78 is 0. The number of aromatic nitrogens is 1. The minimum Gasteiger partial charge on any atom is -0.481 e. The molecule has 0 aromatic carbocycles. The monoisotopic (exact) mass is 232 g/mol. The van der Waals surface area contributed by atoms with Crippen LogP contribution in [0.1, 0.15) is 19.5 Å². The van der Waals surface area contributed by atoms with Crippen molar-refractivity contribution in [2.24, 2.45) is 10.9 Å². The molecule has 17 heavy (non-hydrogen) atoms. The van der Waals surface area contributed by atoms with Gasteiger partial charge < -0.3 is 5.11 Å². The standard InChI is InChI=1S/C13H16N2O2/c1-3-14-12(8-7-10(2)13(16)17)11-6-4-5-9-15-11/h4-10H,3H2,1-2H3,(H,16,17)/b8-7-,14-12?. The van der Waals surface area contributed by atoms with Gasteiger partial charge in [-0.3, -0.25) is 14.8 Å². The van der Waals surface area contributed by atoms with Gasteiger partial charge in [-0.15, -0.1) is 0 Å². The highest BCUT2D eigenvalue weighted by molar-refractivity contribution is 6.07. The van der Waals surface area contributed by atoms with Crippen LogP contribution in [0.4, 0.5) is 0 Å². The van der Waals surface area contributed by atoms with E-state index in [1.54, 1.807) is 25.3 Å². The lowest BCUT2D eigenvalue weighted by atomic mass is 10.1. The Labute approximate surface area is 101 Å². The van der Waals surface area contributed by atoms with E-state index in [1.807, 2.05) is 25.1 Å². The molecule has 1 unspecified atom stereocenters. The van der Waals surface area contributed by atoms with Gasteiger partial charge in [0.25, 0.3) is 0 Å². The van der Waals surface area contributed by atoms with Gasteiger partial charge in [0, 0.05) is 12.7 Å². The molecule has 0 radical (unpaired) electrons. The Morgan fingerprint density at radius 3 is 2.88 bits per heavy atom. The Kier molecular flexibility index (Phi) is 5.07. The van der Waals surface area contributed by atoms with E-state index in [9.17, 15) is 4.79 Å². The lowest BCUT2D eigenvalue weighted by Crippen LogP contribution is -2.07. The number of carboxylic acids is 1. The summed E-state index contributed by atoms with van der Waals surface area (Å²) in [5.41, 5.74) is 1.46. The first-order chi connectivity index (χ1) is 8.15. The number of hydrogen-bond donors (Lipinski definition) is 1. The fourth-order valence-corrected chi connectivity index (χ4v) is 1.22. The van der Waals surface area contributed by atoms with E-state index in [2.05, 4.69) is 9.98 Å². The maximum absolute atomic E-state index is 10.7. The van der Waals surface area contributed by atoms with Crippen LogP contribution < -0.4 is 0 Å². The normalized spacial score (nSPS) is 13.9. The molecule has 4 heteroatoms. The molecule has 1 aromatic heterocycles. The summed E-state index contributed by atoms with van der Waals surface area (Å²) in [4.78, 5) is 19.2. The Hall–Kier alpha value is -1.97. The van der Waals surface area contributed by atoms with Crippen LogP contribution in [-0.4, -0.2) is 28.3 Å². The van der Waals surface area contributed by atoms with Crippen LogP contribution in [0, 0.1) is 5.92 Å². The minimum absolute atomic E-state index is 0.527. The van der Waals surface area contributed by atoms with Gasteiger partial charge in [0.15, 0.2) is 0 Å². The molecule has 1 atom stereocenters. The summed E-state index contributed by atoms with van der Waals surface area (Å²) in [7, 11) is 0. The van der Waals surface area contributed by atoms with Crippen molar-refractivity contribution in [2.75, 3.05) is 6.54 Å².